The van der Waals surface area contributed by atoms with E-state index in [-0.39, 0.29) is 0 Å². The van der Waals surface area contributed by atoms with E-state index < -0.39 is 0 Å². The molecule has 1 aromatic heterocycles. The maximum atomic E-state index is 4.07. The van der Waals surface area contributed by atoms with Crippen LogP contribution in [0.2, 0.25) is 0 Å². The normalized spacial score (nSPS) is 22.5. The van der Waals surface area contributed by atoms with Gasteiger partial charge in [0.1, 0.15) is 0 Å². The molecule has 2 fully saturated rings. The lowest BCUT2D eigenvalue weighted by Crippen LogP contribution is -2.17. The summed E-state index contributed by atoms with van der Waals surface area (Å²) >= 11 is 3.51. The first-order valence-corrected chi connectivity index (χ1v) is 6.43. The van der Waals surface area contributed by atoms with Gasteiger partial charge in [0, 0.05) is 18.9 Å². The molecule has 3 heteroatoms. The molecule has 1 heterocycles. The Hall–Kier alpha value is -0.570. The molecule has 1 aromatic rings. The molecule has 0 saturated heterocycles. The summed E-state index contributed by atoms with van der Waals surface area (Å²) in [4.78, 5) is 4.07. The SMILES string of the molecule is Brc1cnccc1NCC1(C2CC2)CC1. The average molecular weight is 267 g/mol. The Balaban J connectivity index is 1.64. The van der Waals surface area contributed by atoms with Gasteiger partial charge >= 0.3 is 0 Å². The van der Waals surface area contributed by atoms with Crippen molar-refractivity contribution in [3.63, 3.8) is 0 Å². The quantitative estimate of drug-likeness (QED) is 0.903. The summed E-state index contributed by atoms with van der Waals surface area (Å²) in [7, 11) is 0. The van der Waals surface area contributed by atoms with Crippen LogP contribution in [0, 0.1) is 11.3 Å². The lowest BCUT2D eigenvalue weighted by Gasteiger charge is -2.16. The molecule has 2 nitrogen and oxygen atoms in total. The molecule has 0 amide bonds. The Kier molecular flexibility index (Phi) is 2.23. The Morgan fingerprint density at radius 1 is 1.47 bits per heavy atom. The number of anilines is 1. The second kappa shape index (κ2) is 3.48. The molecule has 0 atom stereocenters. The van der Waals surface area contributed by atoms with Gasteiger partial charge < -0.3 is 5.32 Å². The third-order valence-corrected chi connectivity index (χ3v) is 4.37. The molecule has 0 bridgehead atoms. The van der Waals surface area contributed by atoms with Crippen LogP contribution in [0.1, 0.15) is 25.7 Å². The van der Waals surface area contributed by atoms with Crippen LogP contribution >= 0.6 is 15.9 Å². The fraction of sp³-hybridized carbons (Fsp3) is 0.583. The van der Waals surface area contributed by atoms with Gasteiger partial charge in [-0.15, -0.1) is 0 Å². The van der Waals surface area contributed by atoms with Crippen LogP contribution in [0.25, 0.3) is 0 Å². The van der Waals surface area contributed by atoms with Crippen molar-refractivity contribution in [3.8, 4) is 0 Å². The summed E-state index contributed by atoms with van der Waals surface area (Å²) in [6.07, 6.45) is 9.45. The minimum absolute atomic E-state index is 0.655. The molecule has 2 aliphatic rings. The highest BCUT2D eigenvalue weighted by Gasteiger charge is 2.53. The minimum atomic E-state index is 0.655. The van der Waals surface area contributed by atoms with Crippen molar-refractivity contribution in [1.29, 1.82) is 0 Å². The van der Waals surface area contributed by atoms with Crippen molar-refractivity contribution in [3.05, 3.63) is 22.9 Å². The molecule has 15 heavy (non-hydrogen) atoms. The number of rotatable bonds is 4. The van der Waals surface area contributed by atoms with E-state index in [9.17, 15) is 0 Å². The number of pyridine rings is 1. The van der Waals surface area contributed by atoms with Crippen molar-refractivity contribution in [2.24, 2.45) is 11.3 Å². The van der Waals surface area contributed by atoms with Crippen molar-refractivity contribution in [2.45, 2.75) is 25.7 Å². The van der Waals surface area contributed by atoms with Crippen LogP contribution in [0.3, 0.4) is 0 Å². The van der Waals surface area contributed by atoms with Crippen molar-refractivity contribution >= 4 is 21.6 Å². The van der Waals surface area contributed by atoms with Crippen LogP contribution in [-0.2, 0) is 0 Å². The molecule has 0 aliphatic heterocycles. The van der Waals surface area contributed by atoms with E-state index in [4.69, 9.17) is 0 Å². The highest BCUT2D eigenvalue weighted by atomic mass is 79.9. The zero-order valence-corrected chi connectivity index (χ0v) is 10.3. The van der Waals surface area contributed by atoms with E-state index in [1.165, 1.54) is 31.4 Å². The van der Waals surface area contributed by atoms with Gasteiger partial charge in [-0.2, -0.15) is 0 Å². The molecule has 0 aromatic carbocycles. The highest BCUT2D eigenvalue weighted by Crippen LogP contribution is 2.61. The number of aromatic nitrogens is 1. The Morgan fingerprint density at radius 2 is 2.27 bits per heavy atom. The van der Waals surface area contributed by atoms with Crippen LogP contribution in [0.15, 0.2) is 22.9 Å². The standard InChI is InChI=1S/C12H15BrN2/c13-10-7-14-6-3-11(10)15-8-12(4-5-12)9-1-2-9/h3,6-7,9H,1-2,4-5,8H2,(H,14,15). The summed E-state index contributed by atoms with van der Waals surface area (Å²) in [6, 6.07) is 2.03. The second-order valence-corrected chi connectivity index (χ2v) is 5.70. The zero-order chi connectivity index (χ0) is 10.3. The van der Waals surface area contributed by atoms with E-state index in [2.05, 4.69) is 26.2 Å². The predicted molar refractivity (Wildman–Crippen MR) is 64.8 cm³/mol. The van der Waals surface area contributed by atoms with Crippen LogP contribution < -0.4 is 5.32 Å². The third-order valence-electron chi connectivity index (χ3n) is 3.74. The predicted octanol–water partition coefficient (Wildman–Crippen LogP) is 3.45. The smallest absolute Gasteiger partial charge is 0.0590 e. The number of nitrogens with zero attached hydrogens (tertiary/aromatic N) is 1. The summed E-state index contributed by atoms with van der Waals surface area (Å²) in [6.45, 7) is 1.14. The molecular weight excluding hydrogens is 252 g/mol. The van der Waals surface area contributed by atoms with Crippen molar-refractivity contribution < 1.29 is 0 Å². The number of halogens is 1. The topological polar surface area (TPSA) is 24.9 Å². The lowest BCUT2D eigenvalue weighted by atomic mass is 10.0. The first-order valence-electron chi connectivity index (χ1n) is 5.64. The van der Waals surface area contributed by atoms with Gasteiger partial charge in [-0.1, -0.05) is 0 Å². The van der Waals surface area contributed by atoms with E-state index in [1.54, 1.807) is 0 Å². The Labute approximate surface area is 98.6 Å². The first-order chi connectivity index (χ1) is 7.30. The summed E-state index contributed by atoms with van der Waals surface area (Å²) in [5.74, 6) is 1.02. The van der Waals surface area contributed by atoms with Gasteiger partial charge in [0.2, 0.25) is 0 Å². The molecule has 2 saturated carbocycles. The summed E-state index contributed by atoms with van der Waals surface area (Å²) in [5, 5.41) is 3.55. The van der Waals surface area contributed by atoms with Crippen molar-refractivity contribution in [2.75, 3.05) is 11.9 Å². The largest absolute Gasteiger partial charge is 0.383 e. The minimum Gasteiger partial charge on any atom is -0.383 e. The van der Waals surface area contributed by atoms with Gasteiger partial charge in [-0.05, 0) is 59.0 Å². The molecule has 1 N–H and O–H groups in total. The van der Waals surface area contributed by atoms with E-state index in [0.717, 1.165) is 16.9 Å². The molecular formula is C12H15BrN2. The second-order valence-electron chi connectivity index (χ2n) is 4.85. The van der Waals surface area contributed by atoms with Gasteiger partial charge in [0.25, 0.3) is 0 Å². The average Bonchev–Trinajstić information content (AvgIpc) is 3.10. The highest BCUT2D eigenvalue weighted by molar-refractivity contribution is 9.10. The Bertz CT molecular complexity index is 370. The molecule has 0 spiro atoms. The molecule has 0 radical (unpaired) electrons. The van der Waals surface area contributed by atoms with Gasteiger partial charge in [0.05, 0.1) is 10.2 Å². The van der Waals surface area contributed by atoms with E-state index >= 15 is 0 Å². The van der Waals surface area contributed by atoms with E-state index in [0.29, 0.717) is 5.41 Å². The van der Waals surface area contributed by atoms with Gasteiger partial charge in [-0.3, -0.25) is 4.98 Å². The zero-order valence-electron chi connectivity index (χ0n) is 8.67. The van der Waals surface area contributed by atoms with Crippen LogP contribution in [0.5, 0.6) is 0 Å². The summed E-state index contributed by atoms with van der Waals surface area (Å²) < 4.78 is 1.07. The van der Waals surface area contributed by atoms with Crippen molar-refractivity contribution in [1.82, 2.24) is 4.98 Å². The number of hydrogen-bond donors (Lipinski definition) is 1. The van der Waals surface area contributed by atoms with Crippen LogP contribution in [0.4, 0.5) is 5.69 Å². The fourth-order valence-electron chi connectivity index (χ4n) is 2.38. The van der Waals surface area contributed by atoms with Gasteiger partial charge in [-0.25, -0.2) is 0 Å². The van der Waals surface area contributed by atoms with Gasteiger partial charge in [0.15, 0.2) is 0 Å². The number of nitrogens with one attached hydrogen (secondary N) is 1. The maximum Gasteiger partial charge on any atom is 0.0590 e. The number of hydrogen-bond acceptors (Lipinski definition) is 2. The van der Waals surface area contributed by atoms with E-state index in [1.807, 2.05) is 18.5 Å². The molecule has 80 valence electrons. The molecule has 2 aliphatic carbocycles. The lowest BCUT2D eigenvalue weighted by molar-refractivity contribution is 0.467. The monoisotopic (exact) mass is 266 g/mol. The Morgan fingerprint density at radius 3 is 2.87 bits per heavy atom. The van der Waals surface area contributed by atoms with Crippen LogP contribution in [-0.4, -0.2) is 11.5 Å². The third kappa shape index (κ3) is 1.89. The maximum absolute atomic E-state index is 4.07. The fourth-order valence-corrected chi connectivity index (χ4v) is 2.77. The first kappa shape index (κ1) is 9.64. The molecule has 3 rings (SSSR count). The summed E-state index contributed by atoms with van der Waals surface area (Å²) in [5.41, 5.74) is 1.83. The molecule has 0 unspecified atom stereocenters.